The number of hydrogen-bond donors (Lipinski definition) is 1. The summed E-state index contributed by atoms with van der Waals surface area (Å²) in [7, 11) is 0. The van der Waals surface area contributed by atoms with Gasteiger partial charge in [0, 0.05) is 25.7 Å². The Morgan fingerprint density at radius 1 is 1.31 bits per heavy atom. The lowest BCUT2D eigenvalue weighted by Gasteiger charge is -2.34. The van der Waals surface area contributed by atoms with E-state index >= 15 is 0 Å². The van der Waals surface area contributed by atoms with Crippen molar-refractivity contribution in [2.45, 2.75) is 26.8 Å². The first-order chi connectivity index (χ1) is 6.00. The first-order valence-corrected chi connectivity index (χ1v) is 5.06. The van der Waals surface area contributed by atoms with E-state index in [4.69, 9.17) is 10.5 Å². The normalized spacial score (nSPS) is 23.1. The summed E-state index contributed by atoms with van der Waals surface area (Å²) in [4.78, 5) is 2.39. The van der Waals surface area contributed by atoms with Gasteiger partial charge < -0.3 is 10.5 Å². The van der Waals surface area contributed by atoms with E-state index in [1.165, 1.54) is 0 Å². The predicted molar refractivity (Wildman–Crippen MR) is 54.7 cm³/mol. The van der Waals surface area contributed by atoms with Crippen LogP contribution in [-0.2, 0) is 4.74 Å². The second-order valence-electron chi connectivity index (χ2n) is 4.89. The van der Waals surface area contributed by atoms with Crippen LogP contribution < -0.4 is 5.73 Å². The van der Waals surface area contributed by atoms with Crippen molar-refractivity contribution in [1.82, 2.24) is 4.90 Å². The molecular formula is C10H22N2O. The predicted octanol–water partition coefficient (Wildman–Crippen LogP) is 0.692. The van der Waals surface area contributed by atoms with E-state index in [0.717, 1.165) is 32.8 Å². The molecule has 0 spiro atoms. The highest BCUT2D eigenvalue weighted by atomic mass is 16.5. The molecule has 0 bridgehead atoms. The Hall–Kier alpha value is -0.120. The van der Waals surface area contributed by atoms with Crippen LogP contribution in [-0.4, -0.2) is 43.8 Å². The highest BCUT2D eigenvalue weighted by Gasteiger charge is 2.23. The molecule has 1 heterocycles. The van der Waals surface area contributed by atoms with Crippen LogP contribution in [0.1, 0.15) is 20.8 Å². The molecular weight excluding hydrogens is 164 g/mol. The quantitative estimate of drug-likeness (QED) is 0.689. The van der Waals surface area contributed by atoms with Crippen molar-refractivity contribution in [2.75, 3.05) is 32.8 Å². The minimum Gasteiger partial charge on any atom is -0.379 e. The van der Waals surface area contributed by atoms with Gasteiger partial charge in [-0.3, -0.25) is 4.90 Å². The van der Waals surface area contributed by atoms with Crippen LogP contribution in [0.3, 0.4) is 0 Å². The van der Waals surface area contributed by atoms with Gasteiger partial charge in [0.25, 0.3) is 0 Å². The lowest BCUT2D eigenvalue weighted by molar-refractivity contribution is 0.0296. The van der Waals surface area contributed by atoms with Gasteiger partial charge in [-0.05, 0) is 5.41 Å². The molecule has 2 N–H and O–H groups in total. The van der Waals surface area contributed by atoms with Gasteiger partial charge in [0.2, 0.25) is 0 Å². The third-order valence-corrected chi connectivity index (χ3v) is 2.67. The third kappa shape index (κ3) is 3.63. The van der Waals surface area contributed by atoms with Gasteiger partial charge in [-0.25, -0.2) is 0 Å². The highest BCUT2D eigenvalue weighted by Crippen LogP contribution is 2.18. The number of rotatable bonds is 2. The van der Waals surface area contributed by atoms with Crippen molar-refractivity contribution in [3.8, 4) is 0 Å². The number of ether oxygens (including phenoxy) is 1. The van der Waals surface area contributed by atoms with E-state index in [1.807, 2.05) is 0 Å². The Labute approximate surface area is 81.2 Å². The van der Waals surface area contributed by atoms with Crippen molar-refractivity contribution >= 4 is 0 Å². The summed E-state index contributed by atoms with van der Waals surface area (Å²) in [5, 5.41) is 0. The monoisotopic (exact) mass is 186 g/mol. The summed E-state index contributed by atoms with van der Waals surface area (Å²) in [5.74, 6) is 0. The molecule has 0 aliphatic carbocycles. The van der Waals surface area contributed by atoms with E-state index in [-0.39, 0.29) is 11.5 Å². The van der Waals surface area contributed by atoms with Crippen LogP contribution in [0, 0.1) is 5.41 Å². The van der Waals surface area contributed by atoms with Crippen molar-refractivity contribution in [2.24, 2.45) is 11.1 Å². The van der Waals surface area contributed by atoms with Crippen molar-refractivity contribution in [3.63, 3.8) is 0 Å². The van der Waals surface area contributed by atoms with Gasteiger partial charge in [-0.15, -0.1) is 0 Å². The van der Waals surface area contributed by atoms with Crippen molar-refractivity contribution < 1.29 is 4.74 Å². The first kappa shape index (κ1) is 11.0. The maximum atomic E-state index is 6.10. The van der Waals surface area contributed by atoms with E-state index in [1.54, 1.807) is 0 Å². The molecule has 0 aromatic heterocycles. The summed E-state index contributed by atoms with van der Waals surface area (Å²) in [5.41, 5.74) is 6.31. The van der Waals surface area contributed by atoms with Crippen molar-refractivity contribution in [1.29, 1.82) is 0 Å². The Morgan fingerprint density at radius 2 is 1.85 bits per heavy atom. The Bertz CT molecular complexity index is 147. The van der Waals surface area contributed by atoms with Gasteiger partial charge in [-0.2, -0.15) is 0 Å². The molecule has 1 unspecified atom stereocenters. The lowest BCUT2D eigenvalue weighted by Crippen LogP contribution is -2.48. The van der Waals surface area contributed by atoms with Gasteiger partial charge in [0.1, 0.15) is 0 Å². The van der Waals surface area contributed by atoms with Crippen LogP contribution >= 0.6 is 0 Å². The zero-order valence-corrected chi connectivity index (χ0v) is 9.05. The minimum absolute atomic E-state index is 0.207. The van der Waals surface area contributed by atoms with E-state index < -0.39 is 0 Å². The highest BCUT2D eigenvalue weighted by molar-refractivity contribution is 4.80. The first-order valence-electron chi connectivity index (χ1n) is 5.06. The van der Waals surface area contributed by atoms with Crippen LogP contribution in [0.5, 0.6) is 0 Å². The number of hydrogen-bond acceptors (Lipinski definition) is 3. The Kier molecular flexibility index (Phi) is 3.71. The molecule has 0 saturated carbocycles. The summed E-state index contributed by atoms with van der Waals surface area (Å²) in [6.07, 6.45) is 0. The zero-order valence-electron chi connectivity index (χ0n) is 9.05. The van der Waals surface area contributed by atoms with Gasteiger partial charge in [-0.1, -0.05) is 20.8 Å². The largest absolute Gasteiger partial charge is 0.379 e. The fourth-order valence-electron chi connectivity index (χ4n) is 1.34. The summed E-state index contributed by atoms with van der Waals surface area (Å²) >= 11 is 0. The van der Waals surface area contributed by atoms with Crippen LogP contribution in [0.25, 0.3) is 0 Å². The molecule has 1 fully saturated rings. The SMILES string of the molecule is CC(C)(C)C(N)CN1CCOCC1. The topological polar surface area (TPSA) is 38.5 Å². The zero-order chi connectivity index (χ0) is 9.90. The van der Waals surface area contributed by atoms with Crippen molar-refractivity contribution in [3.05, 3.63) is 0 Å². The number of nitrogens with zero attached hydrogens (tertiary/aromatic N) is 1. The molecule has 0 radical (unpaired) electrons. The van der Waals surface area contributed by atoms with Gasteiger partial charge in [0.15, 0.2) is 0 Å². The molecule has 13 heavy (non-hydrogen) atoms. The number of morpholine rings is 1. The smallest absolute Gasteiger partial charge is 0.0594 e. The summed E-state index contributed by atoms with van der Waals surface area (Å²) in [6.45, 7) is 11.3. The maximum absolute atomic E-state index is 6.10. The molecule has 0 aromatic rings. The standard InChI is InChI=1S/C10H22N2O/c1-10(2,3)9(11)8-12-4-6-13-7-5-12/h9H,4-8,11H2,1-3H3. The van der Waals surface area contributed by atoms with E-state index in [9.17, 15) is 0 Å². The van der Waals surface area contributed by atoms with Crippen LogP contribution in [0.4, 0.5) is 0 Å². The lowest BCUT2D eigenvalue weighted by atomic mass is 9.87. The summed E-state index contributed by atoms with van der Waals surface area (Å²) in [6, 6.07) is 0.255. The Balaban J connectivity index is 2.30. The Morgan fingerprint density at radius 3 is 2.31 bits per heavy atom. The molecule has 1 aliphatic rings. The number of nitrogens with two attached hydrogens (primary N) is 1. The minimum atomic E-state index is 0.207. The fourth-order valence-corrected chi connectivity index (χ4v) is 1.34. The van der Waals surface area contributed by atoms with E-state index in [2.05, 4.69) is 25.7 Å². The average molecular weight is 186 g/mol. The second kappa shape index (κ2) is 4.40. The molecule has 3 nitrogen and oxygen atoms in total. The molecule has 1 aliphatic heterocycles. The summed E-state index contributed by atoms with van der Waals surface area (Å²) < 4.78 is 5.28. The van der Waals surface area contributed by atoms with Gasteiger partial charge in [0.05, 0.1) is 13.2 Å². The molecule has 0 aromatic carbocycles. The second-order valence-corrected chi connectivity index (χ2v) is 4.89. The third-order valence-electron chi connectivity index (χ3n) is 2.67. The molecule has 1 rings (SSSR count). The van der Waals surface area contributed by atoms with Crippen LogP contribution in [0.2, 0.25) is 0 Å². The van der Waals surface area contributed by atoms with Gasteiger partial charge >= 0.3 is 0 Å². The van der Waals surface area contributed by atoms with Crippen LogP contribution in [0.15, 0.2) is 0 Å². The molecule has 3 heteroatoms. The fraction of sp³-hybridized carbons (Fsp3) is 1.00. The molecule has 1 saturated heterocycles. The average Bonchev–Trinajstić information content (AvgIpc) is 2.04. The van der Waals surface area contributed by atoms with E-state index in [0.29, 0.717) is 0 Å². The maximum Gasteiger partial charge on any atom is 0.0594 e. The molecule has 1 atom stereocenters. The molecule has 0 amide bonds. The molecule has 78 valence electrons.